The Hall–Kier alpha value is -2.79. The molecule has 5 nitrogen and oxygen atoms in total. The average Bonchev–Trinajstić information content (AvgIpc) is 2.62. The SMILES string of the molecule is CCOc1ccc(Nc2cc(C)nc3ccc(C(=O)OC)cc23)cc1.[Cl-]. The van der Waals surface area contributed by atoms with Crippen LogP contribution in [-0.4, -0.2) is 24.7 Å². The molecule has 0 aliphatic heterocycles. The number of carbonyl (C=O) groups is 1. The van der Waals surface area contributed by atoms with E-state index in [1.807, 2.05) is 50.2 Å². The van der Waals surface area contributed by atoms with Crippen LogP contribution in [0, 0.1) is 6.92 Å². The molecule has 136 valence electrons. The van der Waals surface area contributed by atoms with Crippen molar-refractivity contribution in [1.82, 2.24) is 4.98 Å². The first-order valence-electron chi connectivity index (χ1n) is 8.10. The van der Waals surface area contributed by atoms with Crippen molar-refractivity contribution in [1.29, 1.82) is 0 Å². The van der Waals surface area contributed by atoms with Crippen molar-refractivity contribution >= 4 is 28.2 Å². The fraction of sp³-hybridized carbons (Fsp3) is 0.200. The molecular weight excluding hydrogens is 352 g/mol. The van der Waals surface area contributed by atoms with E-state index < -0.39 is 0 Å². The van der Waals surface area contributed by atoms with Gasteiger partial charge in [-0.1, -0.05) is 0 Å². The van der Waals surface area contributed by atoms with Crippen LogP contribution >= 0.6 is 0 Å². The van der Waals surface area contributed by atoms with Gasteiger partial charge in [-0.3, -0.25) is 4.98 Å². The molecule has 0 aliphatic carbocycles. The van der Waals surface area contributed by atoms with Crippen LogP contribution in [0.2, 0.25) is 0 Å². The summed E-state index contributed by atoms with van der Waals surface area (Å²) in [5.41, 5.74) is 4.03. The average molecular weight is 372 g/mol. The molecule has 0 saturated carbocycles. The third kappa shape index (κ3) is 4.24. The summed E-state index contributed by atoms with van der Waals surface area (Å²) < 4.78 is 10.3. The van der Waals surface area contributed by atoms with Gasteiger partial charge in [-0.05, 0) is 62.4 Å². The standard InChI is InChI=1S/C20H20N2O3.ClH/c1-4-25-16-8-6-15(7-9-16)22-19-11-13(2)21-18-10-5-14(12-17(18)19)20(23)24-3;/h5-12H,4H2,1-3H3,(H,21,22);1H/p-1. The summed E-state index contributed by atoms with van der Waals surface area (Å²) in [5.74, 6) is 0.464. The lowest BCUT2D eigenvalue weighted by atomic mass is 10.1. The van der Waals surface area contributed by atoms with Crippen LogP contribution in [0.5, 0.6) is 5.75 Å². The highest BCUT2D eigenvalue weighted by atomic mass is 35.5. The van der Waals surface area contributed by atoms with Crippen molar-refractivity contribution in [3.05, 3.63) is 59.8 Å². The Kier molecular flexibility index (Phi) is 6.41. The van der Waals surface area contributed by atoms with Gasteiger partial charge < -0.3 is 27.2 Å². The number of carbonyl (C=O) groups excluding carboxylic acids is 1. The minimum Gasteiger partial charge on any atom is -1.00 e. The molecule has 0 unspecified atom stereocenters. The number of hydrogen-bond acceptors (Lipinski definition) is 5. The second kappa shape index (κ2) is 8.54. The monoisotopic (exact) mass is 371 g/mol. The van der Waals surface area contributed by atoms with E-state index >= 15 is 0 Å². The minimum absolute atomic E-state index is 0. The van der Waals surface area contributed by atoms with Crippen LogP contribution in [0.25, 0.3) is 10.9 Å². The Morgan fingerprint density at radius 1 is 1.12 bits per heavy atom. The molecule has 0 bridgehead atoms. The van der Waals surface area contributed by atoms with Crippen LogP contribution in [0.15, 0.2) is 48.5 Å². The number of aromatic nitrogens is 1. The Morgan fingerprint density at radius 3 is 2.50 bits per heavy atom. The van der Waals surface area contributed by atoms with E-state index in [0.29, 0.717) is 12.2 Å². The van der Waals surface area contributed by atoms with E-state index in [2.05, 4.69) is 10.3 Å². The van der Waals surface area contributed by atoms with Gasteiger partial charge in [0.15, 0.2) is 0 Å². The smallest absolute Gasteiger partial charge is 0.337 e. The lowest BCUT2D eigenvalue weighted by Gasteiger charge is -2.12. The van der Waals surface area contributed by atoms with Crippen molar-refractivity contribution in [2.75, 3.05) is 19.0 Å². The zero-order valence-electron chi connectivity index (χ0n) is 14.9. The van der Waals surface area contributed by atoms with Gasteiger partial charge in [0.25, 0.3) is 0 Å². The molecule has 2 aromatic carbocycles. The maximum atomic E-state index is 11.8. The lowest BCUT2D eigenvalue weighted by molar-refractivity contribution is -0.0000203. The van der Waals surface area contributed by atoms with Crippen LogP contribution in [0.4, 0.5) is 11.4 Å². The highest BCUT2D eigenvalue weighted by Crippen LogP contribution is 2.28. The first kappa shape index (κ1) is 19.5. The third-order valence-corrected chi connectivity index (χ3v) is 3.80. The number of methoxy groups -OCH3 is 1. The fourth-order valence-corrected chi connectivity index (χ4v) is 2.66. The highest BCUT2D eigenvalue weighted by molar-refractivity contribution is 5.99. The summed E-state index contributed by atoms with van der Waals surface area (Å²) in [5, 5.41) is 4.26. The molecule has 6 heteroatoms. The van der Waals surface area contributed by atoms with E-state index in [4.69, 9.17) is 9.47 Å². The molecule has 0 saturated heterocycles. The van der Waals surface area contributed by atoms with E-state index in [1.54, 1.807) is 12.1 Å². The van der Waals surface area contributed by atoms with Crippen LogP contribution in [0.3, 0.4) is 0 Å². The topological polar surface area (TPSA) is 60.5 Å². The van der Waals surface area contributed by atoms with Gasteiger partial charge >= 0.3 is 5.97 Å². The number of esters is 1. The van der Waals surface area contributed by atoms with Crippen LogP contribution < -0.4 is 22.5 Å². The second-order valence-electron chi connectivity index (χ2n) is 5.62. The number of fused-ring (bicyclic) bond motifs is 1. The number of halogens is 1. The summed E-state index contributed by atoms with van der Waals surface area (Å²) in [4.78, 5) is 16.3. The van der Waals surface area contributed by atoms with Gasteiger partial charge in [0.2, 0.25) is 0 Å². The van der Waals surface area contributed by atoms with E-state index in [1.165, 1.54) is 7.11 Å². The molecule has 0 aliphatic rings. The van der Waals surface area contributed by atoms with Gasteiger partial charge in [0.05, 0.1) is 24.8 Å². The predicted octanol–water partition coefficient (Wildman–Crippen LogP) is 1.48. The van der Waals surface area contributed by atoms with E-state index in [9.17, 15) is 4.79 Å². The summed E-state index contributed by atoms with van der Waals surface area (Å²) in [7, 11) is 1.37. The molecule has 0 spiro atoms. The normalized spacial score (nSPS) is 10.1. The predicted molar refractivity (Wildman–Crippen MR) is 98.7 cm³/mol. The summed E-state index contributed by atoms with van der Waals surface area (Å²) >= 11 is 0. The van der Waals surface area contributed by atoms with Crippen molar-refractivity contribution in [2.24, 2.45) is 0 Å². The Balaban J connectivity index is 0.00000243. The van der Waals surface area contributed by atoms with Gasteiger partial charge in [-0.25, -0.2) is 4.79 Å². The number of nitrogens with zero attached hydrogens (tertiary/aromatic N) is 1. The zero-order chi connectivity index (χ0) is 17.8. The number of ether oxygens (including phenoxy) is 2. The Labute approximate surface area is 158 Å². The van der Waals surface area contributed by atoms with Crippen molar-refractivity contribution in [2.45, 2.75) is 13.8 Å². The van der Waals surface area contributed by atoms with E-state index in [0.717, 1.165) is 33.7 Å². The minimum atomic E-state index is -0.366. The number of anilines is 2. The van der Waals surface area contributed by atoms with Crippen molar-refractivity contribution in [3.8, 4) is 5.75 Å². The molecule has 0 radical (unpaired) electrons. The van der Waals surface area contributed by atoms with Crippen molar-refractivity contribution in [3.63, 3.8) is 0 Å². The number of benzene rings is 2. The largest absolute Gasteiger partial charge is 1.00 e. The van der Waals surface area contributed by atoms with E-state index in [-0.39, 0.29) is 18.4 Å². The van der Waals surface area contributed by atoms with Gasteiger partial charge in [-0.2, -0.15) is 0 Å². The maximum absolute atomic E-state index is 11.8. The van der Waals surface area contributed by atoms with Crippen LogP contribution in [-0.2, 0) is 4.74 Å². The Morgan fingerprint density at radius 2 is 1.85 bits per heavy atom. The summed E-state index contributed by atoms with van der Waals surface area (Å²) in [6.45, 7) is 4.53. The van der Waals surface area contributed by atoms with Gasteiger partial charge in [0.1, 0.15) is 5.75 Å². The molecule has 0 amide bonds. The molecule has 0 fully saturated rings. The third-order valence-electron chi connectivity index (χ3n) is 3.80. The highest BCUT2D eigenvalue weighted by Gasteiger charge is 2.10. The second-order valence-corrected chi connectivity index (χ2v) is 5.62. The number of rotatable bonds is 5. The molecule has 1 N–H and O–H groups in total. The molecule has 3 rings (SSSR count). The number of aryl methyl sites for hydroxylation is 1. The van der Waals surface area contributed by atoms with Gasteiger partial charge in [-0.15, -0.1) is 0 Å². The van der Waals surface area contributed by atoms with Crippen molar-refractivity contribution < 1.29 is 26.7 Å². The molecule has 0 atom stereocenters. The lowest BCUT2D eigenvalue weighted by Crippen LogP contribution is -3.00. The molecule has 3 aromatic rings. The summed E-state index contributed by atoms with van der Waals surface area (Å²) in [6, 6.07) is 15.1. The van der Waals surface area contributed by atoms with Gasteiger partial charge in [0, 0.05) is 22.5 Å². The number of nitrogens with one attached hydrogen (secondary N) is 1. The number of hydrogen-bond donors (Lipinski definition) is 1. The molecule has 1 heterocycles. The first-order valence-corrected chi connectivity index (χ1v) is 8.10. The van der Waals surface area contributed by atoms with Crippen LogP contribution in [0.1, 0.15) is 23.0 Å². The Bertz CT molecular complexity index is 911. The summed E-state index contributed by atoms with van der Waals surface area (Å²) in [6.07, 6.45) is 0. The maximum Gasteiger partial charge on any atom is 0.337 e. The zero-order valence-corrected chi connectivity index (χ0v) is 15.6. The quantitative estimate of drug-likeness (QED) is 0.688. The molecule has 1 aromatic heterocycles. The number of pyridine rings is 1. The fourth-order valence-electron chi connectivity index (χ4n) is 2.66. The first-order chi connectivity index (χ1) is 12.1. The molecular formula is C20H20ClN2O3-. The molecule has 26 heavy (non-hydrogen) atoms.